The fourth-order valence-corrected chi connectivity index (χ4v) is 1.01. The largest absolute Gasteiger partial charge is 0.480 e. The molecule has 0 bridgehead atoms. The monoisotopic (exact) mass is 219 g/mol. The predicted octanol–water partition coefficient (Wildman–Crippen LogP) is 1.77. The number of carbonyl (C=O) groups is 1. The average molecular weight is 220 g/mol. The first-order chi connectivity index (χ1) is 4.98. The van der Waals surface area contributed by atoms with Crippen LogP contribution in [-0.4, -0.2) is 15.9 Å². The predicted molar refractivity (Wildman–Crippen MR) is 44.4 cm³/mol. The van der Waals surface area contributed by atoms with E-state index in [0.717, 1.165) is 0 Å². The van der Waals surface area contributed by atoms with Gasteiger partial charge in [0.15, 0.2) is 0 Å². The number of carboxylic acid groups (broad SMARTS) is 1. The summed E-state index contributed by atoms with van der Waals surface area (Å²) in [5, 5.41) is 17.2. The molecule has 0 fully saturated rings. The molecule has 1 N–H and O–H groups in total. The van der Waals surface area contributed by atoms with Crippen LogP contribution >= 0.6 is 15.9 Å². The molecule has 62 valence electrons. The van der Waals surface area contributed by atoms with Crippen LogP contribution in [0.15, 0.2) is 0 Å². The van der Waals surface area contributed by atoms with E-state index < -0.39 is 16.2 Å². The third-order valence-corrected chi connectivity index (χ3v) is 3.17. The molecule has 2 unspecified atom stereocenters. The number of alkyl halides is 1. The van der Waals surface area contributed by atoms with Gasteiger partial charge in [0, 0.05) is 0 Å². The van der Waals surface area contributed by atoms with Crippen LogP contribution in [0.25, 0.3) is 0 Å². The minimum absolute atomic E-state index is 0.520. The Morgan fingerprint density at radius 2 is 2.36 bits per heavy atom. The fraction of sp³-hybridized carbons (Fsp3) is 0.714. The highest BCUT2D eigenvalue weighted by atomic mass is 79.9. The van der Waals surface area contributed by atoms with Gasteiger partial charge in [-0.05, 0) is 13.3 Å². The van der Waals surface area contributed by atoms with Crippen LogP contribution in [0, 0.1) is 16.7 Å². The maximum absolute atomic E-state index is 10.5. The minimum atomic E-state index is -0.990. The van der Waals surface area contributed by atoms with Crippen molar-refractivity contribution in [3.8, 4) is 6.07 Å². The second kappa shape index (κ2) is 3.72. The first kappa shape index (κ1) is 10.4. The van der Waals surface area contributed by atoms with Crippen LogP contribution in [0.5, 0.6) is 0 Å². The van der Waals surface area contributed by atoms with Crippen LogP contribution in [0.3, 0.4) is 0 Å². The summed E-state index contributed by atoms with van der Waals surface area (Å²) in [5.41, 5.74) is -0.814. The number of halogens is 1. The van der Waals surface area contributed by atoms with E-state index in [9.17, 15) is 4.79 Å². The second-order valence-corrected chi connectivity index (χ2v) is 3.50. The highest BCUT2D eigenvalue weighted by Gasteiger charge is 2.35. The Labute approximate surface area is 74.1 Å². The molecule has 0 saturated heterocycles. The Kier molecular flexibility index (Phi) is 3.53. The molecule has 0 spiro atoms. The zero-order chi connectivity index (χ0) is 9.07. The summed E-state index contributed by atoms with van der Waals surface area (Å²) >= 11 is 2.96. The Hall–Kier alpha value is -0.560. The quantitative estimate of drug-likeness (QED) is 0.737. The van der Waals surface area contributed by atoms with Crippen LogP contribution in [-0.2, 0) is 4.79 Å². The number of aliphatic carboxylic acids is 1. The molecule has 0 aromatic heterocycles. The van der Waals surface area contributed by atoms with Gasteiger partial charge in [-0.1, -0.05) is 22.9 Å². The Morgan fingerprint density at radius 3 is 2.45 bits per heavy atom. The third kappa shape index (κ3) is 2.19. The molecule has 3 nitrogen and oxygen atoms in total. The molecule has 0 heterocycles. The summed E-state index contributed by atoms with van der Waals surface area (Å²) in [6.45, 7) is 3.42. The van der Waals surface area contributed by atoms with Crippen molar-refractivity contribution in [2.75, 3.05) is 0 Å². The summed E-state index contributed by atoms with van der Waals surface area (Å²) in [5.74, 6) is -0.990. The number of hydrogen-bond acceptors (Lipinski definition) is 2. The van der Waals surface area contributed by atoms with Gasteiger partial charge in [0.25, 0.3) is 0 Å². The lowest BCUT2D eigenvalue weighted by Gasteiger charge is -2.21. The lowest BCUT2D eigenvalue weighted by molar-refractivity contribution is -0.137. The Morgan fingerprint density at radius 1 is 1.91 bits per heavy atom. The Bertz CT molecular complexity index is 199. The molecule has 0 aromatic rings. The summed E-state index contributed by atoms with van der Waals surface area (Å²) in [6.07, 6.45) is 0.520. The molecule has 0 rings (SSSR count). The summed E-state index contributed by atoms with van der Waals surface area (Å²) < 4.78 is 0. The number of carboxylic acids is 1. The van der Waals surface area contributed by atoms with Crippen molar-refractivity contribution in [1.29, 1.82) is 5.26 Å². The van der Waals surface area contributed by atoms with E-state index in [0.29, 0.717) is 6.42 Å². The van der Waals surface area contributed by atoms with Gasteiger partial charge in [-0.15, -0.1) is 0 Å². The van der Waals surface area contributed by atoms with Gasteiger partial charge in [0.2, 0.25) is 0 Å². The molecule has 2 atom stereocenters. The van der Waals surface area contributed by atoms with E-state index in [1.165, 1.54) is 0 Å². The SMILES string of the molecule is CCC(C)(C#N)C(Br)C(=O)O. The van der Waals surface area contributed by atoms with Gasteiger partial charge in [-0.25, -0.2) is 0 Å². The van der Waals surface area contributed by atoms with E-state index in [-0.39, 0.29) is 0 Å². The normalized spacial score (nSPS) is 18.0. The van der Waals surface area contributed by atoms with Crippen molar-refractivity contribution in [3.05, 3.63) is 0 Å². The lowest BCUT2D eigenvalue weighted by atomic mass is 9.86. The fourth-order valence-electron chi connectivity index (χ4n) is 0.587. The van der Waals surface area contributed by atoms with E-state index >= 15 is 0 Å². The Balaban J connectivity index is 4.53. The smallest absolute Gasteiger partial charge is 0.318 e. The lowest BCUT2D eigenvalue weighted by Crippen LogP contribution is -2.32. The summed E-state index contributed by atoms with van der Waals surface area (Å²) in [7, 11) is 0. The maximum atomic E-state index is 10.5. The van der Waals surface area contributed by atoms with Crippen molar-refractivity contribution < 1.29 is 9.90 Å². The highest BCUT2D eigenvalue weighted by Crippen LogP contribution is 2.30. The van der Waals surface area contributed by atoms with Gasteiger partial charge < -0.3 is 5.11 Å². The number of rotatable bonds is 3. The molecule has 0 amide bonds. The number of nitrogens with zero attached hydrogens (tertiary/aromatic N) is 1. The van der Waals surface area contributed by atoms with Gasteiger partial charge in [0.1, 0.15) is 4.83 Å². The van der Waals surface area contributed by atoms with Crippen molar-refractivity contribution >= 4 is 21.9 Å². The molecular formula is C7H10BrNO2. The summed E-state index contributed by atoms with van der Waals surface area (Å²) in [6, 6.07) is 1.98. The molecule has 0 aliphatic heterocycles. The molecular weight excluding hydrogens is 210 g/mol. The standard InChI is InChI=1S/C7H10BrNO2/c1-3-7(2,4-9)5(8)6(10)11/h5H,3H2,1-2H3,(H,10,11). The van der Waals surface area contributed by atoms with Crippen molar-refractivity contribution in [1.82, 2.24) is 0 Å². The third-order valence-electron chi connectivity index (χ3n) is 1.77. The number of hydrogen-bond donors (Lipinski definition) is 1. The van der Waals surface area contributed by atoms with Crippen LogP contribution in [0.1, 0.15) is 20.3 Å². The van der Waals surface area contributed by atoms with Crippen molar-refractivity contribution in [3.63, 3.8) is 0 Å². The van der Waals surface area contributed by atoms with Crippen molar-refractivity contribution in [2.24, 2.45) is 5.41 Å². The van der Waals surface area contributed by atoms with Crippen molar-refractivity contribution in [2.45, 2.75) is 25.1 Å². The van der Waals surface area contributed by atoms with E-state index in [1.54, 1.807) is 13.8 Å². The molecule has 4 heteroatoms. The van der Waals surface area contributed by atoms with Crippen LogP contribution in [0.4, 0.5) is 0 Å². The number of nitriles is 1. The maximum Gasteiger partial charge on any atom is 0.318 e. The summed E-state index contributed by atoms with van der Waals surface area (Å²) in [4.78, 5) is 9.68. The zero-order valence-electron chi connectivity index (χ0n) is 6.47. The highest BCUT2D eigenvalue weighted by molar-refractivity contribution is 9.10. The van der Waals surface area contributed by atoms with Crippen LogP contribution in [0.2, 0.25) is 0 Å². The molecule has 0 aromatic carbocycles. The molecule has 0 radical (unpaired) electrons. The molecule has 11 heavy (non-hydrogen) atoms. The van der Waals surface area contributed by atoms with E-state index in [4.69, 9.17) is 10.4 Å². The first-order valence-electron chi connectivity index (χ1n) is 3.26. The molecule has 0 aliphatic carbocycles. The molecule has 0 saturated carbocycles. The zero-order valence-corrected chi connectivity index (χ0v) is 8.05. The minimum Gasteiger partial charge on any atom is -0.480 e. The van der Waals surface area contributed by atoms with Crippen LogP contribution < -0.4 is 0 Å². The van der Waals surface area contributed by atoms with Gasteiger partial charge in [-0.3, -0.25) is 4.79 Å². The van der Waals surface area contributed by atoms with E-state index in [2.05, 4.69) is 15.9 Å². The van der Waals surface area contributed by atoms with Gasteiger partial charge >= 0.3 is 5.97 Å². The van der Waals surface area contributed by atoms with Gasteiger partial charge in [-0.2, -0.15) is 5.26 Å². The first-order valence-corrected chi connectivity index (χ1v) is 4.17. The second-order valence-electron chi connectivity index (χ2n) is 2.58. The van der Waals surface area contributed by atoms with E-state index in [1.807, 2.05) is 6.07 Å². The average Bonchev–Trinajstić information content (AvgIpc) is 2.01. The topological polar surface area (TPSA) is 61.1 Å². The molecule has 0 aliphatic rings. The van der Waals surface area contributed by atoms with Gasteiger partial charge in [0.05, 0.1) is 11.5 Å².